The van der Waals surface area contributed by atoms with E-state index < -0.39 is 29.3 Å². The van der Waals surface area contributed by atoms with Crippen LogP contribution in [0.4, 0.5) is 0 Å². The molecular formula is C34H42N2O4. The highest BCUT2D eigenvalue weighted by molar-refractivity contribution is 5.90. The second-order valence-corrected chi connectivity index (χ2v) is 11.7. The highest BCUT2D eigenvalue weighted by Gasteiger charge is 2.35. The molecule has 0 saturated carbocycles. The zero-order valence-corrected chi connectivity index (χ0v) is 24.2. The second-order valence-electron chi connectivity index (χ2n) is 11.7. The number of aryl methyl sites for hydroxylation is 2. The van der Waals surface area contributed by atoms with Gasteiger partial charge in [-0.3, -0.25) is 14.4 Å². The highest BCUT2D eigenvalue weighted by Crippen LogP contribution is 2.27. The first-order valence-corrected chi connectivity index (χ1v) is 14.0. The van der Waals surface area contributed by atoms with Crippen LogP contribution in [0.5, 0.6) is 0 Å². The number of rotatable bonds is 12. The van der Waals surface area contributed by atoms with Gasteiger partial charge in [-0.05, 0) is 60.8 Å². The fraction of sp³-hybridized carbons (Fsp3) is 0.382. The number of nitrogens with one attached hydrogen (secondary N) is 2. The molecule has 0 saturated heterocycles. The normalized spacial score (nSPS) is 13.6. The molecule has 212 valence electrons. The average molecular weight is 543 g/mol. The number of aliphatic carboxylic acids is 1. The topological polar surface area (TPSA) is 95.5 Å². The molecule has 0 radical (unpaired) electrons. The van der Waals surface area contributed by atoms with Crippen molar-refractivity contribution in [1.82, 2.24) is 10.6 Å². The molecule has 6 nitrogen and oxygen atoms in total. The summed E-state index contributed by atoms with van der Waals surface area (Å²) in [6, 6.07) is 25.1. The van der Waals surface area contributed by atoms with E-state index in [1.165, 1.54) is 5.56 Å². The third-order valence-electron chi connectivity index (χ3n) is 7.21. The van der Waals surface area contributed by atoms with Crippen LogP contribution in [0.3, 0.4) is 0 Å². The highest BCUT2D eigenvalue weighted by atomic mass is 16.4. The first-order chi connectivity index (χ1) is 19.0. The number of benzene rings is 3. The smallest absolute Gasteiger partial charge is 0.304 e. The van der Waals surface area contributed by atoms with Crippen molar-refractivity contribution < 1.29 is 19.5 Å². The number of carboxylic acid groups (broad SMARTS) is 1. The second kappa shape index (κ2) is 13.9. The maximum Gasteiger partial charge on any atom is 0.304 e. The first-order valence-electron chi connectivity index (χ1n) is 14.0. The van der Waals surface area contributed by atoms with Gasteiger partial charge in [-0.1, -0.05) is 105 Å². The molecule has 0 spiro atoms. The van der Waals surface area contributed by atoms with Crippen LogP contribution in [0.1, 0.15) is 69.7 Å². The van der Waals surface area contributed by atoms with Crippen LogP contribution >= 0.6 is 0 Å². The SMILES string of the molecule is Cc1cccc(-c2ccccc2CCC[C@H](CC(=O)O)C(=O)N[C@H](C(=O)N[C@H](C)c2ccccc2)C(C)(C)C)c1. The molecule has 0 fully saturated rings. The van der Waals surface area contributed by atoms with Gasteiger partial charge >= 0.3 is 5.97 Å². The van der Waals surface area contributed by atoms with Crippen molar-refractivity contribution in [1.29, 1.82) is 0 Å². The molecule has 0 aliphatic heterocycles. The Morgan fingerprint density at radius 3 is 2.17 bits per heavy atom. The van der Waals surface area contributed by atoms with E-state index in [2.05, 4.69) is 47.9 Å². The van der Waals surface area contributed by atoms with Crippen molar-refractivity contribution in [2.24, 2.45) is 11.3 Å². The summed E-state index contributed by atoms with van der Waals surface area (Å²) in [5, 5.41) is 15.5. The lowest BCUT2D eigenvalue weighted by atomic mass is 9.85. The van der Waals surface area contributed by atoms with E-state index in [4.69, 9.17) is 0 Å². The number of carbonyl (C=O) groups is 3. The minimum Gasteiger partial charge on any atom is -0.481 e. The van der Waals surface area contributed by atoms with Gasteiger partial charge in [0, 0.05) is 5.92 Å². The Balaban J connectivity index is 1.70. The predicted octanol–water partition coefficient (Wildman–Crippen LogP) is 6.48. The molecule has 3 atom stereocenters. The third-order valence-corrected chi connectivity index (χ3v) is 7.21. The van der Waals surface area contributed by atoms with Gasteiger partial charge in [0.2, 0.25) is 11.8 Å². The van der Waals surface area contributed by atoms with Crippen LogP contribution in [0, 0.1) is 18.3 Å². The molecule has 0 aromatic heterocycles. The van der Waals surface area contributed by atoms with Crippen LogP contribution in [-0.4, -0.2) is 28.9 Å². The Hall–Kier alpha value is -3.93. The van der Waals surface area contributed by atoms with Gasteiger partial charge in [0.05, 0.1) is 12.5 Å². The molecular weight excluding hydrogens is 500 g/mol. The van der Waals surface area contributed by atoms with E-state index >= 15 is 0 Å². The fourth-order valence-electron chi connectivity index (χ4n) is 4.97. The molecule has 0 bridgehead atoms. The van der Waals surface area contributed by atoms with Crippen LogP contribution in [0.15, 0.2) is 78.9 Å². The summed E-state index contributed by atoms with van der Waals surface area (Å²) in [6.45, 7) is 9.63. The number of carboxylic acids is 1. The molecule has 0 unspecified atom stereocenters. The zero-order chi connectivity index (χ0) is 29.3. The molecule has 0 aliphatic carbocycles. The summed E-state index contributed by atoms with van der Waals surface area (Å²) in [7, 11) is 0. The first kappa shape index (κ1) is 30.6. The summed E-state index contributed by atoms with van der Waals surface area (Å²) in [5.74, 6) is -2.47. The van der Waals surface area contributed by atoms with E-state index in [1.807, 2.05) is 76.2 Å². The van der Waals surface area contributed by atoms with Gasteiger partial charge < -0.3 is 15.7 Å². The van der Waals surface area contributed by atoms with Crippen molar-refractivity contribution in [2.75, 3.05) is 0 Å². The Kier molecular flexibility index (Phi) is 10.7. The van der Waals surface area contributed by atoms with Crippen LogP contribution < -0.4 is 10.6 Å². The number of hydrogen-bond acceptors (Lipinski definition) is 3. The Morgan fingerprint density at radius 1 is 0.850 bits per heavy atom. The number of amides is 2. The lowest BCUT2D eigenvalue weighted by Gasteiger charge is -2.32. The number of carbonyl (C=O) groups excluding carboxylic acids is 2. The van der Waals surface area contributed by atoms with E-state index in [-0.39, 0.29) is 18.4 Å². The van der Waals surface area contributed by atoms with Gasteiger partial charge in [0.15, 0.2) is 0 Å². The number of hydrogen-bond donors (Lipinski definition) is 3. The molecule has 2 amide bonds. The van der Waals surface area contributed by atoms with E-state index in [0.29, 0.717) is 19.3 Å². The molecule has 0 aliphatic rings. The van der Waals surface area contributed by atoms with Crippen molar-refractivity contribution in [2.45, 2.75) is 72.4 Å². The van der Waals surface area contributed by atoms with Gasteiger partial charge in [-0.15, -0.1) is 0 Å². The van der Waals surface area contributed by atoms with Gasteiger partial charge in [-0.2, -0.15) is 0 Å². The molecule has 0 heterocycles. The fourth-order valence-corrected chi connectivity index (χ4v) is 4.97. The quantitative estimate of drug-likeness (QED) is 0.244. The molecule has 3 aromatic carbocycles. The van der Waals surface area contributed by atoms with E-state index in [1.54, 1.807) is 0 Å². The van der Waals surface area contributed by atoms with Gasteiger partial charge in [0.1, 0.15) is 6.04 Å². The van der Waals surface area contributed by atoms with Crippen molar-refractivity contribution in [3.63, 3.8) is 0 Å². The van der Waals surface area contributed by atoms with Crippen LogP contribution in [0.2, 0.25) is 0 Å². The Labute approximate surface area is 238 Å². The molecule has 6 heteroatoms. The molecule has 3 N–H and O–H groups in total. The Morgan fingerprint density at radius 2 is 1.52 bits per heavy atom. The monoisotopic (exact) mass is 542 g/mol. The largest absolute Gasteiger partial charge is 0.481 e. The van der Waals surface area contributed by atoms with Gasteiger partial charge in [0.25, 0.3) is 0 Å². The van der Waals surface area contributed by atoms with Crippen LogP contribution in [0.25, 0.3) is 11.1 Å². The minimum absolute atomic E-state index is 0.237. The summed E-state index contributed by atoms with van der Waals surface area (Å²) in [5.41, 5.74) is 5.01. The maximum absolute atomic E-state index is 13.4. The third kappa shape index (κ3) is 8.80. The summed E-state index contributed by atoms with van der Waals surface area (Å²) >= 11 is 0. The molecule has 40 heavy (non-hydrogen) atoms. The zero-order valence-electron chi connectivity index (χ0n) is 24.2. The summed E-state index contributed by atoms with van der Waals surface area (Å²) in [6.07, 6.45) is 1.47. The lowest BCUT2D eigenvalue weighted by Crippen LogP contribution is -2.55. The van der Waals surface area contributed by atoms with Crippen LogP contribution in [-0.2, 0) is 20.8 Å². The standard InChI is InChI=1S/C34H42N2O4/c1-23-13-11-18-27(21-23)29-20-10-9-16-26(29)17-12-19-28(22-30(37)38)32(39)36-31(34(3,4)5)33(40)35-24(2)25-14-7-6-8-15-25/h6-11,13-16,18,20-21,24,28,31H,12,17,19,22H2,1-5H3,(H,35,40)(H,36,39)(H,37,38)/t24-,28-,31-/m1/s1. The minimum atomic E-state index is -1.03. The Bertz CT molecular complexity index is 1300. The molecule has 3 aromatic rings. The summed E-state index contributed by atoms with van der Waals surface area (Å²) < 4.78 is 0. The van der Waals surface area contributed by atoms with Gasteiger partial charge in [-0.25, -0.2) is 0 Å². The van der Waals surface area contributed by atoms with E-state index in [9.17, 15) is 19.5 Å². The average Bonchev–Trinajstić information content (AvgIpc) is 2.90. The predicted molar refractivity (Wildman–Crippen MR) is 160 cm³/mol. The molecule has 3 rings (SSSR count). The summed E-state index contributed by atoms with van der Waals surface area (Å²) in [4.78, 5) is 38.4. The lowest BCUT2D eigenvalue weighted by molar-refractivity contribution is -0.142. The van der Waals surface area contributed by atoms with Crippen molar-refractivity contribution in [3.05, 3.63) is 95.6 Å². The maximum atomic E-state index is 13.4. The van der Waals surface area contributed by atoms with Crippen molar-refractivity contribution in [3.8, 4) is 11.1 Å². The van der Waals surface area contributed by atoms with E-state index in [0.717, 1.165) is 22.3 Å². The van der Waals surface area contributed by atoms with Crippen molar-refractivity contribution >= 4 is 17.8 Å².